The summed E-state index contributed by atoms with van der Waals surface area (Å²) in [5.74, 6) is 0.0433. The molecule has 2 aromatic carbocycles. The van der Waals surface area contributed by atoms with Crippen molar-refractivity contribution >= 4 is 35.1 Å². The van der Waals surface area contributed by atoms with Gasteiger partial charge >= 0.3 is 12.2 Å². The summed E-state index contributed by atoms with van der Waals surface area (Å²) in [7, 11) is 0. The molecule has 0 radical (unpaired) electrons. The number of urea groups is 1. The van der Waals surface area contributed by atoms with Gasteiger partial charge in [0, 0.05) is 17.0 Å². The number of amides is 2. The smallest absolute Gasteiger partial charge is 0.390 e. The largest absolute Gasteiger partial charge is 0.416 e. The number of nitrogens with one attached hydrogen (secondary N) is 2. The number of aliphatic hydroxyl groups is 2. The van der Waals surface area contributed by atoms with Crippen LogP contribution in [0.3, 0.4) is 0 Å². The molecule has 0 spiro atoms. The zero-order chi connectivity index (χ0) is 28.4. The lowest BCUT2D eigenvalue weighted by Gasteiger charge is -2.26. The van der Waals surface area contributed by atoms with Crippen LogP contribution in [0.25, 0.3) is 5.69 Å². The first-order valence-electron chi connectivity index (χ1n) is 11.9. The standard InChI is InChI=1S/C25H25Cl2F3N6O3/c26-16-7-5-15(6-8-16)22(31)35(14-19(37)25(28,29)30)23(38)32-13-20-33-21(9-10-24(39)11-12-24)36(34-20)18-4-2-1-3-17(18)27/h1-8,19,31,37,39H,9-14H2,(H,32,38)/t19-/m0/s1. The second-order valence-corrected chi connectivity index (χ2v) is 10.1. The van der Waals surface area contributed by atoms with Crippen molar-refractivity contribution in [3.8, 4) is 5.69 Å². The van der Waals surface area contributed by atoms with Gasteiger partial charge in [0.05, 0.1) is 29.4 Å². The Bertz CT molecular complexity index is 1350. The first kappa shape index (κ1) is 28.8. The van der Waals surface area contributed by atoms with E-state index in [0.29, 0.717) is 52.1 Å². The van der Waals surface area contributed by atoms with Gasteiger partial charge in [0.1, 0.15) is 11.7 Å². The lowest BCUT2D eigenvalue weighted by atomic mass is 10.1. The number of hydrogen-bond acceptors (Lipinski definition) is 6. The minimum absolute atomic E-state index is 0.116. The van der Waals surface area contributed by atoms with Gasteiger partial charge < -0.3 is 15.5 Å². The zero-order valence-electron chi connectivity index (χ0n) is 20.4. The monoisotopic (exact) mass is 584 g/mol. The van der Waals surface area contributed by atoms with Gasteiger partial charge in [0.2, 0.25) is 0 Å². The Morgan fingerprint density at radius 1 is 1.18 bits per heavy atom. The summed E-state index contributed by atoms with van der Waals surface area (Å²) < 4.78 is 40.8. The number of nitrogens with zero attached hydrogens (tertiary/aromatic N) is 4. The molecule has 1 heterocycles. The molecule has 1 aliphatic carbocycles. The summed E-state index contributed by atoms with van der Waals surface area (Å²) in [6.07, 6.45) is -5.69. The van der Waals surface area contributed by atoms with Crippen LogP contribution in [-0.2, 0) is 13.0 Å². The van der Waals surface area contributed by atoms with Crippen molar-refractivity contribution in [1.82, 2.24) is 25.0 Å². The van der Waals surface area contributed by atoms with E-state index >= 15 is 0 Å². The molecule has 1 saturated carbocycles. The van der Waals surface area contributed by atoms with E-state index in [2.05, 4.69) is 15.4 Å². The molecule has 3 aromatic rings. The van der Waals surface area contributed by atoms with Crippen molar-refractivity contribution in [1.29, 1.82) is 5.41 Å². The molecule has 14 heteroatoms. The Morgan fingerprint density at radius 3 is 2.46 bits per heavy atom. The third-order valence-corrected chi connectivity index (χ3v) is 6.78. The molecule has 9 nitrogen and oxygen atoms in total. The molecule has 0 bridgehead atoms. The van der Waals surface area contributed by atoms with Crippen LogP contribution in [0, 0.1) is 5.41 Å². The van der Waals surface area contributed by atoms with E-state index in [1.807, 2.05) is 0 Å². The predicted molar refractivity (Wildman–Crippen MR) is 138 cm³/mol. The van der Waals surface area contributed by atoms with Gasteiger partial charge in [-0.05, 0) is 55.7 Å². The number of carbonyl (C=O) groups is 1. The average molecular weight is 585 g/mol. The topological polar surface area (TPSA) is 127 Å². The van der Waals surface area contributed by atoms with Crippen molar-refractivity contribution in [2.45, 2.75) is 50.1 Å². The molecule has 39 heavy (non-hydrogen) atoms. The highest BCUT2D eigenvalue weighted by molar-refractivity contribution is 6.32. The number of rotatable bonds is 9. The second-order valence-electron chi connectivity index (χ2n) is 9.21. The second kappa shape index (κ2) is 11.5. The van der Waals surface area contributed by atoms with Crippen LogP contribution in [0.5, 0.6) is 0 Å². The highest BCUT2D eigenvalue weighted by Gasteiger charge is 2.41. The maximum atomic E-state index is 13.1. The molecule has 2 amide bonds. The molecule has 4 rings (SSSR count). The van der Waals surface area contributed by atoms with Gasteiger partial charge in [0.25, 0.3) is 0 Å². The fourth-order valence-corrected chi connectivity index (χ4v) is 4.09. The number of aryl methyl sites for hydroxylation is 1. The number of carbonyl (C=O) groups excluding carboxylic acids is 1. The number of aromatic nitrogens is 3. The highest BCUT2D eigenvalue weighted by Crippen LogP contribution is 2.39. The Morgan fingerprint density at radius 2 is 1.85 bits per heavy atom. The molecular formula is C25H25Cl2F3N6O3. The van der Waals surface area contributed by atoms with Crippen LogP contribution in [0.15, 0.2) is 48.5 Å². The highest BCUT2D eigenvalue weighted by atomic mass is 35.5. The molecular weight excluding hydrogens is 560 g/mol. The molecule has 208 valence electrons. The number of hydrogen-bond donors (Lipinski definition) is 4. The molecule has 0 unspecified atom stereocenters. The SMILES string of the molecule is N=C(c1ccc(Cl)cc1)N(C[C@H](O)C(F)(F)F)C(=O)NCc1nc(CCC2(O)CC2)n(-c2ccccc2Cl)n1. The van der Waals surface area contributed by atoms with Gasteiger partial charge in [-0.1, -0.05) is 35.3 Å². The number of para-hydroxylation sites is 1. The van der Waals surface area contributed by atoms with Crippen LogP contribution in [0.2, 0.25) is 10.0 Å². The van der Waals surface area contributed by atoms with Crippen LogP contribution in [0.4, 0.5) is 18.0 Å². The molecule has 4 N–H and O–H groups in total. The van der Waals surface area contributed by atoms with Gasteiger partial charge in [-0.2, -0.15) is 13.2 Å². The van der Waals surface area contributed by atoms with E-state index in [4.69, 9.17) is 28.6 Å². The number of alkyl halides is 3. The van der Waals surface area contributed by atoms with E-state index in [0.717, 1.165) is 0 Å². The summed E-state index contributed by atoms with van der Waals surface area (Å²) in [4.78, 5) is 17.9. The van der Waals surface area contributed by atoms with Crippen molar-refractivity contribution in [2.24, 2.45) is 0 Å². The van der Waals surface area contributed by atoms with E-state index < -0.39 is 36.3 Å². The van der Waals surface area contributed by atoms with E-state index in [-0.39, 0.29) is 17.9 Å². The maximum absolute atomic E-state index is 13.1. The lowest BCUT2D eigenvalue weighted by Crippen LogP contribution is -2.50. The number of benzene rings is 2. The minimum atomic E-state index is -5.01. The third kappa shape index (κ3) is 7.27. The molecule has 1 atom stereocenters. The number of halogens is 5. The van der Waals surface area contributed by atoms with Crippen molar-refractivity contribution < 1.29 is 28.2 Å². The molecule has 1 fully saturated rings. The minimum Gasteiger partial charge on any atom is -0.390 e. The molecule has 0 aliphatic heterocycles. The van der Waals surface area contributed by atoms with E-state index in [9.17, 15) is 28.2 Å². The summed E-state index contributed by atoms with van der Waals surface area (Å²) in [5.41, 5.74) is -0.0974. The van der Waals surface area contributed by atoms with Crippen molar-refractivity contribution in [3.63, 3.8) is 0 Å². The average Bonchev–Trinajstić information content (AvgIpc) is 3.49. The van der Waals surface area contributed by atoms with Gasteiger partial charge in [-0.3, -0.25) is 10.3 Å². The Kier molecular flexibility index (Phi) is 8.50. The first-order valence-corrected chi connectivity index (χ1v) is 12.7. The first-order chi connectivity index (χ1) is 18.4. The normalized spacial score (nSPS) is 15.1. The summed E-state index contributed by atoms with van der Waals surface area (Å²) in [5, 5.41) is 35.8. The van der Waals surface area contributed by atoms with Crippen molar-refractivity contribution in [2.75, 3.05) is 6.54 Å². The predicted octanol–water partition coefficient (Wildman–Crippen LogP) is 4.49. The fraction of sp³-hybridized carbons (Fsp3) is 0.360. The van der Waals surface area contributed by atoms with Crippen LogP contribution in [0.1, 0.15) is 36.5 Å². The van der Waals surface area contributed by atoms with Crippen LogP contribution in [-0.4, -0.2) is 66.2 Å². The van der Waals surface area contributed by atoms with Crippen LogP contribution >= 0.6 is 23.2 Å². The quantitative estimate of drug-likeness (QED) is 0.218. The molecule has 1 aliphatic rings. The fourth-order valence-electron chi connectivity index (χ4n) is 3.75. The zero-order valence-corrected chi connectivity index (χ0v) is 21.9. The Labute approximate surface area is 231 Å². The summed E-state index contributed by atoms with van der Waals surface area (Å²) in [6.45, 7) is -1.50. The van der Waals surface area contributed by atoms with Gasteiger partial charge in [-0.15, -0.1) is 5.10 Å². The Balaban J connectivity index is 1.54. The molecule has 0 saturated heterocycles. The number of aliphatic hydroxyl groups excluding tert-OH is 1. The van der Waals surface area contributed by atoms with E-state index in [1.54, 1.807) is 24.3 Å². The third-order valence-electron chi connectivity index (χ3n) is 6.20. The number of amidine groups is 1. The summed E-state index contributed by atoms with van der Waals surface area (Å²) in [6, 6.07) is 11.4. The van der Waals surface area contributed by atoms with Crippen LogP contribution < -0.4 is 5.32 Å². The van der Waals surface area contributed by atoms with Gasteiger partial charge in [0.15, 0.2) is 11.9 Å². The van der Waals surface area contributed by atoms with Gasteiger partial charge in [-0.25, -0.2) is 14.5 Å². The lowest BCUT2D eigenvalue weighted by molar-refractivity contribution is -0.204. The maximum Gasteiger partial charge on any atom is 0.416 e. The summed E-state index contributed by atoms with van der Waals surface area (Å²) >= 11 is 12.2. The van der Waals surface area contributed by atoms with Crippen molar-refractivity contribution in [3.05, 3.63) is 75.8 Å². The Hall–Kier alpha value is -3.19. The molecule has 1 aromatic heterocycles. The van der Waals surface area contributed by atoms with E-state index in [1.165, 1.54) is 28.9 Å².